The van der Waals surface area contributed by atoms with Crippen LogP contribution in [0.4, 0.5) is 0 Å². The quantitative estimate of drug-likeness (QED) is 0.0253. The third-order valence-electron chi connectivity index (χ3n) is 9.51. The fourth-order valence-electron chi connectivity index (χ4n) is 6.08. The standard InChI is InChI=1S/C41H83N2O6P/c1-6-8-10-12-14-16-18-19-20-21-22-23-24-25-26-28-30-32-34-40(44)39(38-49-50(46,47)48-37-36-43(3,4)5)42-41(45)35-33-31-29-27-17-15-13-11-9-7-2/h13,15,39-40,44H,6-12,14,16-38H2,1-5H3,(H-,42,45,46,47)/p+1/b15-13-. The van der Waals surface area contributed by atoms with Gasteiger partial charge in [-0.05, 0) is 32.1 Å². The zero-order chi connectivity index (χ0) is 37.2. The number of allylic oxidation sites excluding steroid dienone is 2. The van der Waals surface area contributed by atoms with Gasteiger partial charge in [-0.2, -0.15) is 0 Å². The molecule has 0 saturated heterocycles. The highest BCUT2D eigenvalue weighted by atomic mass is 31.2. The van der Waals surface area contributed by atoms with Gasteiger partial charge in [-0.3, -0.25) is 13.8 Å². The van der Waals surface area contributed by atoms with E-state index in [2.05, 4.69) is 31.3 Å². The van der Waals surface area contributed by atoms with Crippen molar-refractivity contribution in [1.82, 2.24) is 5.32 Å². The summed E-state index contributed by atoms with van der Waals surface area (Å²) in [4.78, 5) is 23.0. The van der Waals surface area contributed by atoms with Crippen LogP contribution in [0.2, 0.25) is 0 Å². The molecule has 3 atom stereocenters. The summed E-state index contributed by atoms with van der Waals surface area (Å²) >= 11 is 0. The van der Waals surface area contributed by atoms with Crippen LogP contribution in [-0.4, -0.2) is 73.4 Å². The Balaban J connectivity index is 4.34. The second-order valence-electron chi connectivity index (χ2n) is 15.7. The van der Waals surface area contributed by atoms with E-state index in [0.29, 0.717) is 23.9 Å². The van der Waals surface area contributed by atoms with Crippen molar-refractivity contribution in [2.75, 3.05) is 40.9 Å². The number of hydrogen-bond donors (Lipinski definition) is 3. The van der Waals surface area contributed by atoms with E-state index in [0.717, 1.165) is 57.8 Å². The Morgan fingerprint density at radius 2 is 1.10 bits per heavy atom. The first kappa shape index (κ1) is 49.2. The predicted octanol–water partition coefficient (Wildman–Crippen LogP) is 11.2. The van der Waals surface area contributed by atoms with E-state index in [4.69, 9.17) is 9.05 Å². The van der Waals surface area contributed by atoms with Crippen LogP contribution in [0, 0.1) is 0 Å². The summed E-state index contributed by atoms with van der Waals surface area (Å²) in [5, 5.41) is 13.9. The van der Waals surface area contributed by atoms with Crippen LogP contribution in [0.25, 0.3) is 0 Å². The Morgan fingerprint density at radius 3 is 1.60 bits per heavy atom. The Kier molecular flexibility index (Phi) is 33.5. The van der Waals surface area contributed by atoms with Gasteiger partial charge in [-0.15, -0.1) is 0 Å². The Bertz CT molecular complexity index is 834. The van der Waals surface area contributed by atoms with Gasteiger partial charge < -0.3 is 19.8 Å². The number of hydrogen-bond acceptors (Lipinski definition) is 5. The number of carbonyl (C=O) groups is 1. The maximum absolute atomic E-state index is 12.8. The summed E-state index contributed by atoms with van der Waals surface area (Å²) in [6, 6.07) is -0.760. The summed E-state index contributed by atoms with van der Waals surface area (Å²) < 4.78 is 23.5. The van der Waals surface area contributed by atoms with Crippen LogP contribution in [0.5, 0.6) is 0 Å². The zero-order valence-corrected chi connectivity index (χ0v) is 34.5. The highest BCUT2D eigenvalue weighted by Crippen LogP contribution is 2.43. The van der Waals surface area contributed by atoms with Gasteiger partial charge in [0.05, 0.1) is 39.9 Å². The molecule has 0 heterocycles. The van der Waals surface area contributed by atoms with Crippen LogP contribution in [-0.2, 0) is 18.4 Å². The van der Waals surface area contributed by atoms with Gasteiger partial charge in [0.2, 0.25) is 5.91 Å². The molecule has 0 aliphatic rings. The second-order valence-corrected chi connectivity index (χ2v) is 17.2. The van der Waals surface area contributed by atoms with E-state index in [1.165, 1.54) is 109 Å². The van der Waals surface area contributed by atoms with Gasteiger partial charge in [0, 0.05) is 6.42 Å². The zero-order valence-electron chi connectivity index (χ0n) is 33.7. The fraction of sp³-hybridized carbons (Fsp3) is 0.927. The molecule has 0 aromatic carbocycles. The molecule has 0 radical (unpaired) electrons. The number of likely N-dealkylation sites (N-methyl/N-ethyl adjacent to an activating group) is 1. The summed E-state index contributed by atoms with van der Waals surface area (Å²) in [6.07, 6.45) is 36.7. The molecule has 0 aromatic heterocycles. The Hall–Kier alpha value is -0.760. The number of carbonyl (C=O) groups excluding carboxylic acids is 1. The molecule has 8 nitrogen and oxygen atoms in total. The highest BCUT2D eigenvalue weighted by molar-refractivity contribution is 7.47. The van der Waals surface area contributed by atoms with Crippen molar-refractivity contribution in [3.05, 3.63) is 12.2 Å². The van der Waals surface area contributed by atoms with Gasteiger partial charge in [0.25, 0.3) is 0 Å². The minimum absolute atomic E-state index is 0.0741. The predicted molar refractivity (Wildman–Crippen MR) is 212 cm³/mol. The number of amides is 1. The first-order chi connectivity index (χ1) is 24.0. The smallest absolute Gasteiger partial charge is 0.391 e. The molecule has 50 heavy (non-hydrogen) atoms. The maximum atomic E-state index is 12.8. The highest BCUT2D eigenvalue weighted by Gasteiger charge is 2.28. The number of nitrogens with one attached hydrogen (secondary N) is 1. The van der Waals surface area contributed by atoms with Gasteiger partial charge in [0.15, 0.2) is 0 Å². The fourth-order valence-corrected chi connectivity index (χ4v) is 6.82. The van der Waals surface area contributed by atoms with E-state index >= 15 is 0 Å². The van der Waals surface area contributed by atoms with Crippen LogP contribution < -0.4 is 5.32 Å². The van der Waals surface area contributed by atoms with Crippen molar-refractivity contribution in [1.29, 1.82) is 0 Å². The molecule has 3 unspecified atom stereocenters. The van der Waals surface area contributed by atoms with E-state index in [9.17, 15) is 19.4 Å². The lowest BCUT2D eigenvalue weighted by atomic mass is 10.0. The third kappa shape index (κ3) is 35.6. The van der Waals surface area contributed by atoms with Crippen LogP contribution in [0.1, 0.15) is 194 Å². The molecule has 0 spiro atoms. The molecular formula is C41H84N2O6P+. The normalized spacial score (nSPS) is 14.6. The Labute approximate surface area is 310 Å². The van der Waals surface area contributed by atoms with E-state index in [-0.39, 0.29) is 19.1 Å². The summed E-state index contributed by atoms with van der Waals surface area (Å²) in [7, 11) is 1.61. The second kappa shape index (κ2) is 34.0. The Morgan fingerprint density at radius 1 is 0.660 bits per heavy atom. The van der Waals surface area contributed by atoms with Crippen molar-refractivity contribution in [2.24, 2.45) is 0 Å². The molecule has 0 aliphatic carbocycles. The third-order valence-corrected chi connectivity index (χ3v) is 10.5. The number of phosphoric ester groups is 1. The van der Waals surface area contributed by atoms with E-state index in [1.807, 2.05) is 21.1 Å². The van der Waals surface area contributed by atoms with E-state index in [1.54, 1.807) is 0 Å². The number of nitrogens with zero attached hydrogens (tertiary/aromatic N) is 1. The summed E-state index contributed by atoms with van der Waals surface area (Å²) in [5.41, 5.74) is 0. The average Bonchev–Trinajstić information content (AvgIpc) is 3.06. The first-order valence-corrected chi connectivity index (χ1v) is 22.5. The lowest BCUT2D eigenvalue weighted by Gasteiger charge is -2.26. The maximum Gasteiger partial charge on any atom is 0.472 e. The lowest BCUT2D eigenvalue weighted by molar-refractivity contribution is -0.870. The van der Waals surface area contributed by atoms with Gasteiger partial charge >= 0.3 is 7.82 Å². The van der Waals surface area contributed by atoms with Crippen molar-refractivity contribution in [3.8, 4) is 0 Å². The number of unbranched alkanes of at least 4 members (excludes halogenated alkanes) is 23. The molecule has 0 aromatic rings. The molecular weight excluding hydrogens is 647 g/mol. The lowest BCUT2D eigenvalue weighted by Crippen LogP contribution is -2.46. The summed E-state index contributed by atoms with van der Waals surface area (Å²) in [5.74, 6) is -0.159. The van der Waals surface area contributed by atoms with Crippen molar-refractivity contribution in [3.63, 3.8) is 0 Å². The SMILES string of the molecule is CCCC/C=C\CCCCCCC(=O)NC(COP(=O)(O)OCC[N+](C)(C)C)C(O)CCCCCCCCCCCCCCCCCCCC. The number of quaternary nitrogens is 1. The molecule has 0 aliphatic heterocycles. The van der Waals surface area contributed by atoms with Crippen LogP contribution in [0.15, 0.2) is 12.2 Å². The van der Waals surface area contributed by atoms with Crippen molar-refractivity contribution < 1.29 is 32.9 Å². The van der Waals surface area contributed by atoms with Gasteiger partial charge in [-0.1, -0.05) is 167 Å². The monoisotopic (exact) mass is 732 g/mol. The molecule has 298 valence electrons. The average molecular weight is 732 g/mol. The number of aliphatic hydroxyl groups is 1. The molecule has 9 heteroatoms. The van der Waals surface area contributed by atoms with Gasteiger partial charge in [-0.25, -0.2) is 4.57 Å². The summed E-state index contributed by atoms with van der Waals surface area (Å²) in [6.45, 7) is 4.83. The number of rotatable bonds is 38. The molecule has 0 fully saturated rings. The minimum Gasteiger partial charge on any atom is -0.391 e. The number of phosphoric acid groups is 1. The van der Waals surface area contributed by atoms with Crippen LogP contribution >= 0.6 is 7.82 Å². The van der Waals surface area contributed by atoms with Crippen molar-refractivity contribution in [2.45, 2.75) is 206 Å². The molecule has 0 rings (SSSR count). The molecule has 3 N–H and O–H groups in total. The topological polar surface area (TPSA) is 105 Å². The molecule has 0 saturated carbocycles. The van der Waals surface area contributed by atoms with Crippen molar-refractivity contribution >= 4 is 13.7 Å². The molecule has 0 bridgehead atoms. The van der Waals surface area contributed by atoms with Crippen LogP contribution in [0.3, 0.4) is 0 Å². The van der Waals surface area contributed by atoms with Gasteiger partial charge in [0.1, 0.15) is 13.2 Å². The largest absolute Gasteiger partial charge is 0.472 e. The molecule has 1 amide bonds. The minimum atomic E-state index is -4.31. The van der Waals surface area contributed by atoms with E-state index < -0.39 is 20.0 Å². The number of aliphatic hydroxyl groups excluding tert-OH is 1. The first-order valence-electron chi connectivity index (χ1n) is 21.1.